The third-order valence-corrected chi connectivity index (χ3v) is 6.26. The van der Waals surface area contributed by atoms with Gasteiger partial charge in [-0.2, -0.15) is 0 Å². The summed E-state index contributed by atoms with van der Waals surface area (Å²) in [6.07, 6.45) is 2.84. The molecule has 4 nitrogen and oxygen atoms in total. The number of anilines is 1. The molecule has 0 bridgehead atoms. The van der Waals surface area contributed by atoms with E-state index in [0.717, 1.165) is 48.3 Å². The van der Waals surface area contributed by atoms with Crippen LogP contribution in [0, 0.1) is 0 Å². The van der Waals surface area contributed by atoms with Crippen LogP contribution in [0.25, 0.3) is 0 Å². The topological polar surface area (TPSA) is 54.0 Å². The molecule has 0 fully saturated rings. The molecule has 4 rings (SSSR count). The van der Waals surface area contributed by atoms with Gasteiger partial charge < -0.3 is 10.6 Å². The lowest BCUT2D eigenvalue weighted by Crippen LogP contribution is -2.38. The van der Waals surface area contributed by atoms with E-state index in [1.807, 2.05) is 67.6 Å². The van der Waals surface area contributed by atoms with Crippen molar-refractivity contribution >= 4 is 34.9 Å². The zero-order chi connectivity index (χ0) is 21.8. The van der Waals surface area contributed by atoms with Crippen LogP contribution in [0.2, 0.25) is 10.0 Å². The monoisotopic (exact) mass is 453 g/mol. The molecule has 2 atom stereocenters. The van der Waals surface area contributed by atoms with Gasteiger partial charge in [0.05, 0.1) is 0 Å². The van der Waals surface area contributed by atoms with Gasteiger partial charge in [0, 0.05) is 28.5 Å². The van der Waals surface area contributed by atoms with Gasteiger partial charge in [-0.1, -0.05) is 53.5 Å². The number of pyridine rings is 1. The number of rotatable bonds is 6. The number of benzene rings is 2. The number of aromatic nitrogens is 1. The van der Waals surface area contributed by atoms with Crippen LogP contribution < -0.4 is 10.6 Å². The lowest BCUT2D eigenvalue weighted by atomic mass is 9.86. The van der Waals surface area contributed by atoms with E-state index in [-0.39, 0.29) is 17.9 Å². The maximum atomic E-state index is 13.0. The minimum Gasteiger partial charge on any atom is -0.370 e. The van der Waals surface area contributed by atoms with E-state index < -0.39 is 0 Å². The van der Waals surface area contributed by atoms with E-state index in [1.165, 1.54) is 0 Å². The number of aryl methyl sites for hydroxylation is 1. The number of nitrogens with one attached hydrogen (secondary N) is 2. The van der Waals surface area contributed by atoms with E-state index in [0.29, 0.717) is 15.7 Å². The lowest BCUT2D eigenvalue weighted by molar-refractivity contribution is 0.0929. The van der Waals surface area contributed by atoms with Crippen molar-refractivity contribution in [3.63, 3.8) is 0 Å². The van der Waals surface area contributed by atoms with Gasteiger partial charge in [-0.15, -0.1) is 0 Å². The third kappa shape index (κ3) is 5.38. The maximum Gasteiger partial charge on any atom is 0.270 e. The highest BCUT2D eigenvalue weighted by Crippen LogP contribution is 2.27. The molecule has 0 saturated heterocycles. The first kappa shape index (κ1) is 21.7. The Kier molecular flexibility index (Phi) is 6.79. The highest BCUT2D eigenvalue weighted by Gasteiger charge is 2.23. The van der Waals surface area contributed by atoms with Crippen LogP contribution >= 0.6 is 23.2 Å². The van der Waals surface area contributed by atoms with Crippen molar-refractivity contribution in [3.8, 4) is 0 Å². The lowest BCUT2D eigenvalue weighted by Gasteiger charge is -2.26. The number of carbonyl (C=O) groups excluding carboxylic acids is 1. The minimum atomic E-state index is -0.169. The molecule has 0 unspecified atom stereocenters. The fraction of sp³-hybridized carbons (Fsp3) is 0.280. The normalized spacial score (nSPS) is 14.8. The number of fused-ring (bicyclic) bond motifs is 1. The molecule has 1 amide bonds. The predicted molar refractivity (Wildman–Crippen MR) is 127 cm³/mol. The summed E-state index contributed by atoms with van der Waals surface area (Å²) in [5, 5.41) is 7.85. The maximum absolute atomic E-state index is 13.0. The summed E-state index contributed by atoms with van der Waals surface area (Å²) in [6, 6.07) is 19.3. The van der Waals surface area contributed by atoms with Gasteiger partial charge in [-0.05, 0) is 73.2 Å². The second kappa shape index (κ2) is 9.71. The Labute approximate surface area is 193 Å². The van der Waals surface area contributed by atoms with Crippen molar-refractivity contribution < 1.29 is 4.79 Å². The standard InChI is InChI=1S/C25H25Cl2N3O/c1-16(29-25(31)23-13-8-19-3-2-14-28-24(19)30-23)22(18-6-11-21(27)12-7-18)15-17-4-9-20(26)10-5-17/h4-13,16,22H,2-3,14-15H2,1H3,(H,28,30)(H,29,31)/t16-,22+/m1/s1. The van der Waals surface area contributed by atoms with Crippen molar-refractivity contribution in [1.82, 2.24) is 10.3 Å². The van der Waals surface area contributed by atoms with Crippen LogP contribution in [-0.2, 0) is 12.8 Å². The number of hydrogen-bond acceptors (Lipinski definition) is 3. The van der Waals surface area contributed by atoms with E-state index in [4.69, 9.17) is 23.2 Å². The van der Waals surface area contributed by atoms with Gasteiger partial charge in [0.15, 0.2) is 0 Å². The molecule has 0 radical (unpaired) electrons. The number of halogens is 2. The predicted octanol–water partition coefficient (Wildman–Crippen LogP) is 5.89. The second-order valence-corrected chi connectivity index (χ2v) is 8.86. The quantitative estimate of drug-likeness (QED) is 0.488. The summed E-state index contributed by atoms with van der Waals surface area (Å²) in [6.45, 7) is 2.92. The molecule has 2 heterocycles. The van der Waals surface area contributed by atoms with Gasteiger partial charge in [-0.3, -0.25) is 4.79 Å². The molecule has 0 aliphatic carbocycles. The summed E-state index contributed by atoms with van der Waals surface area (Å²) in [5.74, 6) is 0.720. The fourth-order valence-corrected chi connectivity index (χ4v) is 4.26. The summed E-state index contributed by atoms with van der Waals surface area (Å²) in [5.41, 5.74) is 3.87. The molecule has 160 valence electrons. The van der Waals surface area contributed by atoms with Crippen molar-refractivity contribution in [1.29, 1.82) is 0 Å². The van der Waals surface area contributed by atoms with E-state index in [1.54, 1.807) is 0 Å². The summed E-state index contributed by atoms with van der Waals surface area (Å²) in [4.78, 5) is 17.5. The average Bonchev–Trinajstić information content (AvgIpc) is 2.79. The minimum absolute atomic E-state index is 0.0677. The van der Waals surface area contributed by atoms with Gasteiger partial charge >= 0.3 is 0 Å². The second-order valence-electron chi connectivity index (χ2n) is 7.99. The largest absolute Gasteiger partial charge is 0.370 e. The molecule has 2 aromatic carbocycles. The highest BCUT2D eigenvalue weighted by atomic mass is 35.5. The number of nitrogens with zero attached hydrogens (tertiary/aromatic N) is 1. The zero-order valence-corrected chi connectivity index (χ0v) is 18.9. The highest BCUT2D eigenvalue weighted by molar-refractivity contribution is 6.30. The first-order chi connectivity index (χ1) is 15.0. The Hall–Kier alpha value is -2.56. The van der Waals surface area contributed by atoms with Crippen molar-refractivity contribution in [2.45, 2.75) is 38.1 Å². The van der Waals surface area contributed by atoms with Gasteiger partial charge in [0.1, 0.15) is 11.5 Å². The summed E-state index contributed by atoms with van der Waals surface area (Å²) in [7, 11) is 0. The Morgan fingerprint density at radius 3 is 2.42 bits per heavy atom. The molecule has 31 heavy (non-hydrogen) atoms. The molecule has 2 N–H and O–H groups in total. The number of amides is 1. The molecular weight excluding hydrogens is 429 g/mol. The van der Waals surface area contributed by atoms with Crippen molar-refractivity contribution in [2.75, 3.05) is 11.9 Å². The van der Waals surface area contributed by atoms with Gasteiger partial charge in [0.2, 0.25) is 0 Å². The summed E-state index contributed by atoms with van der Waals surface area (Å²) < 4.78 is 0. The van der Waals surface area contributed by atoms with E-state index in [2.05, 4.69) is 15.6 Å². The van der Waals surface area contributed by atoms with Crippen LogP contribution in [0.5, 0.6) is 0 Å². The molecule has 3 aromatic rings. The Morgan fingerprint density at radius 1 is 1.03 bits per heavy atom. The molecular formula is C25H25Cl2N3O. The molecule has 0 spiro atoms. The molecule has 0 saturated carbocycles. The number of hydrogen-bond donors (Lipinski definition) is 2. The number of carbonyl (C=O) groups is 1. The van der Waals surface area contributed by atoms with Crippen LogP contribution in [0.15, 0.2) is 60.7 Å². The Balaban J connectivity index is 1.54. The first-order valence-electron chi connectivity index (χ1n) is 10.5. The van der Waals surface area contributed by atoms with Crippen molar-refractivity contribution in [3.05, 3.63) is 93.1 Å². The molecule has 6 heteroatoms. The van der Waals surface area contributed by atoms with Crippen LogP contribution in [0.4, 0.5) is 5.82 Å². The van der Waals surface area contributed by atoms with E-state index in [9.17, 15) is 4.79 Å². The fourth-order valence-electron chi connectivity index (χ4n) is 4.00. The Morgan fingerprint density at radius 2 is 1.71 bits per heavy atom. The smallest absolute Gasteiger partial charge is 0.270 e. The van der Waals surface area contributed by atoms with E-state index >= 15 is 0 Å². The van der Waals surface area contributed by atoms with Crippen LogP contribution in [0.1, 0.15) is 46.4 Å². The SMILES string of the molecule is C[C@@H](NC(=O)c1ccc2c(n1)NCCC2)[C@H](Cc1ccc(Cl)cc1)c1ccc(Cl)cc1. The zero-order valence-electron chi connectivity index (χ0n) is 17.4. The third-order valence-electron chi connectivity index (χ3n) is 5.76. The summed E-state index contributed by atoms with van der Waals surface area (Å²) >= 11 is 12.1. The van der Waals surface area contributed by atoms with Gasteiger partial charge in [0.25, 0.3) is 5.91 Å². The molecule has 1 aliphatic heterocycles. The van der Waals surface area contributed by atoms with Crippen LogP contribution in [-0.4, -0.2) is 23.5 Å². The average molecular weight is 454 g/mol. The van der Waals surface area contributed by atoms with Crippen molar-refractivity contribution in [2.24, 2.45) is 0 Å². The molecule has 1 aromatic heterocycles. The first-order valence-corrected chi connectivity index (χ1v) is 11.3. The van der Waals surface area contributed by atoms with Crippen LogP contribution in [0.3, 0.4) is 0 Å². The Bertz CT molecular complexity index is 1050. The van der Waals surface area contributed by atoms with Gasteiger partial charge in [-0.25, -0.2) is 4.98 Å². The molecule has 1 aliphatic rings.